The molecule has 1 aromatic heterocycles. The van der Waals surface area contributed by atoms with Crippen LogP contribution in [0.3, 0.4) is 0 Å². The lowest BCUT2D eigenvalue weighted by atomic mass is 10.0. The molecule has 2 aliphatic heterocycles. The minimum absolute atomic E-state index is 0.0299. The molecule has 2 aromatic rings. The zero-order chi connectivity index (χ0) is 20.4. The number of carbonyl (C=O) groups is 3. The van der Waals surface area contributed by atoms with Crippen molar-refractivity contribution in [1.82, 2.24) is 10.2 Å². The fraction of sp³-hybridized carbons (Fsp3) is 0.350. The second-order valence-corrected chi connectivity index (χ2v) is 9.54. The number of thioether (sulfide) groups is 1. The number of hydrogen-bond donors (Lipinski definition) is 2. The number of piperidine rings is 1. The molecule has 2 N–H and O–H groups in total. The lowest BCUT2D eigenvalue weighted by Gasteiger charge is -2.33. The van der Waals surface area contributed by atoms with Gasteiger partial charge in [-0.15, -0.1) is 11.8 Å². The van der Waals surface area contributed by atoms with Crippen molar-refractivity contribution in [3.63, 3.8) is 0 Å². The third kappa shape index (κ3) is 4.76. The predicted octanol–water partition coefficient (Wildman–Crippen LogP) is 3.63. The Morgan fingerprint density at radius 3 is 2.76 bits per heavy atom. The van der Waals surface area contributed by atoms with Crippen LogP contribution in [-0.4, -0.2) is 47.0 Å². The van der Waals surface area contributed by atoms with Crippen molar-refractivity contribution in [2.45, 2.75) is 35.4 Å². The molecule has 29 heavy (non-hydrogen) atoms. The highest BCUT2D eigenvalue weighted by molar-refractivity contribution is 8.01. The van der Waals surface area contributed by atoms with Crippen LogP contribution in [0.5, 0.6) is 0 Å². The van der Waals surface area contributed by atoms with Crippen LogP contribution in [0.15, 0.2) is 39.9 Å². The maximum absolute atomic E-state index is 12.7. The van der Waals surface area contributed by atoms with Crippen LogP contribution in [0.4, 0.5) is 5.69 Å². The van der Waals surface area contributed by atoms with Gasteiger partial charge in [-0.05, 0) is 42.5 Å². The Labute approximate surface area is 182 Å². The Bertz CT molecular complexity index is 927. The summed E-state index contributed by atoms with van der Waals surface area (Å²) in [5, 5.41) is 9.69. The topological polar surface area (TPSA) is 78.5 Å². The molecule has 9 heteroatoms. The van der Waals surface area contributed by atoms with Gasteiger partial charge in [-0.3, -0.25) is 14.4 Å². The third-order valence-electron chi connectivity index (χ3n) is 5.09. The van der Waals surface area contributed by atoms with E-state index in [0.29, 0.717) is 42.2 Å². The maximum Gasteiger partial charge on any atom is 0.252 e. The SMILES string of the molecule is O=C(NC1CCN(C(=O)CC2Sc3ccc(Cl)cc3NC2=O)CC1)c1ccsc1. The number of rotatable bonds is 4. The van der Waals surface area contributed by atoms with Gasteiger partial charge in [-0.1, -0.05) is 11.6 Å². The van der Waals surface area contributed by atoms with Gasteiger partial charge in [0.25, 0.3) is 5.91 Å². The van der Waals surface area contributed by atoms with Crippen molar-refractivity contribution in [3.05, 3.63) is 45.6 Å². The van der Waals surface area contributed by atoms with Crippen molar-refractivity contribution in [3.8, 4) is 0 Å². The number of anilines is 1. The van der Waals surface area contributed by atoms with Crippen molar-refractivity contribution < 1.29 is 14.4 Å². The van der Waals surface area contributed by atoms with Gasteiger partial charge in [-0.25, -0.2) is 0 Å². The lowest BCUT2D eigenvalue weighted by Crippen LogP contribution is -2.47. The zero-order valence-corrected chi connectivity index (χ0v) is 17.9. The number of benzene rings is 1. The summed E-state index contributed by atoms with van der Waals surface area (Å²) in [5.74, 6) is -0.265. The van der Waals surface area contributed by atoms with E-state index in [1.54, 1.807) is 23.1 Å². The molecule has 4 rings (SSSR count). The molecular weight excluding hydrogens is 430 g/mol. The highest BCUT2D eigenvalue weighted by Crippen LogP contribution is 2.38. The summed E-state index contributed by atoms with van der Waals surface area (Å²) in [4.78, 5) is 40.0. The number of thiophene rings is 1. The average Bonchev–Trinajstić information content (AvgIpc) is 3.24. The summed E-state index contributed by atoms with van der Waals surface area (Å²) < 4.78 is 0. The summed E-state index contributed by atoms with van der Waals surface area (Å²) in [6, 6.07) is 7.22. The molecule has 1 atom stereocenters. The quantitative estimate of drug-likeness (QED) is 0.747. The van der Waals surface area contributed by atoms with E-state index in [1.807, 2.05) is 16.8 Å². The van der Waals surface area contributed by atoms with Gasteiger partial charge in [0.1, 0.15) is 0 Å². The fourth-order valence-electron chi connectivity index (χ4n) is 3.48. The molecule has 1 fully saturated rings. The maximum atomic E-state index is 12.7. The second-order valence-electron chi connectivity index (χ2n) is 7.08. The number of halogens is 1. The Morgan fingerprint density at radius 2 is 2.03 bits per heavy atom. The summed E-state index contributed by atoms with van der Waals surface area (Å²) >= 11 is 8.86. The van der Waals surface area contributed by atoms with E-state index in [1.165, 1.54) is 23.1 Å². The standard InChI is InChI=1S/C20H20ClN3O3S2/c21-13-1-2-16-15(9-13)23-20(27)17(29-16)10-18(25)24-6-3-14(4-7-24)22-19(26)12-5-8-28-11-12/h1-2,5,8-9,11,14,17H,3-4,6-7,10H2,(H,22,26)(H,23,27). The molecule has 0 bridgehead atoms. The van der Waals surface area contributed by atoms with Crippen LogP contribution in [-0.2, 0) is 9.59 Å². The average molecular weight is 450 g/mol. The van der Waals surface area contributed by atoms with Gasteiger partial charge < -0.3 is 15.5 Å². The molecule has 0 aliphatic carbocycles. The monoisotopic (exact) mass is 449 g/mol. The fourth-order valence-corrected chi connectivity index (χ4v) is 5.37. The second kappa shape index (κ2) is 8.77. The Kier molecular flexibility index (Phi) is 6.12. The summed E-state index contributed by atoms with van der Waals surface area (Å²) in [6.07, 6.45) is 1.59. The van der Waals surface area contributed by atoms with Gasteiger partial charge in [0, 0.05) is 46.4 Å². The molecular formula is C20H20ClN3O3S2. The number of amides is 3. The minimum atomic E-state index is -0.452. The van der Waals surface area contributed by atoms with E-state index < -0.39 is 5.25 Å². The summed E-state index contributed by atoms with van der Waals surface area (Å²) in [7, 11) is 0. The van der Waals surface area contributed by atoms with Gasteiger partial charge in [0.15, 0.2) is 0 Å². The van der Waals surface area contributed by atoms with Crippen LogP contribution in [0.1, 0.15) is 29.6 Å². The molecule has 152 valence electrons. The van der Waals surface area contributed by atoms with Crippen LogP contribution < -0.4 is 10.6 Å². The highest BCUT2D eigenvalue weighted by Gasteiger charge is 2.32. The van der Waals surface area contributed by atoms with E-state index >= 15 is 0 Å². The van der Waals surface area contributed by atoms with Gasteiger partial charge in [0.05, 0.1) is 10.9 Å². The summed E-state index contributed by atoms with van der Waals surface area (Å²) in [6.45, 7) is 1.16. The van der Waals surface area contributed by atoms with Crippen molar-refractivity contribution in [1.29, 1.82) is 0 Å². The largest absolute Gasteiger partial charge is 0.349 e. The van der Waals surface area contributed by atoms with Crippen molar-refractivity contribution >= 4 is 58.1 Å². The van der Waals surface area contributed by atoms with E-state index in [2.05, 4.69) is 10.6 Å². The molecule has 1 unspecified atom stereocenters. The van der Waals surface area contributed by atoms with Crippen LogP contribution in [0.25, 0.3) is 0 Å². The van der Waals surface area contributed by atoms with Crippen molar-refractivity contribution in [2.75, 3.05) is 18.4 Å². The molecule has 3 amide bonds. The number of nitrogens with one attached hydrogen (secondary N) is 2. The molecule has 1 aromatic carbocycles. The summed E-state index contributed by atoms with van der Waals surface area (Å²) in [5.41, 5.74) is 1.37. The van der Waals surface area contributed by atoms with Crippen LogP contribution >= 0.6 is 34.7 Å². The highest BCUT2D eigenvalue weighted by atomic mass is 35.5. The van der Waals surface area contributed by atoms with E-state index in [-0.39, 0.29) is 30.2 Å². The molecule has 2 aliphatic rings. The first kappa shape index (κ1) is 20.3. The van der Waals surface area contributed by atoms with E-state index in [0.717, 1.165) is 4.90 Å². The molecule has 1 saturated heterocycles. The first-order valence-electron chi connectivity index (χ1n) is 9.37. The zero-order valence-electron chi connectivity index (χ0n) is 15.5. The third-order valence-corrected chi connectivity index (χ3v) is 7.28. The lowest BCUT2D eigenvalue weighted by molar-refractivity contribution is -0.133. The number of hydrogen-bond acceptors (Lipinski definition) is 5. The predicted molar refractivity (Wildman–Crippen MR) is 116 cm³/mol. The van der Waals surface area contributed by atoms with Crippen LogP contribution in [0, 0.1) is 0 Å². The molecule has 0 spiro atoms. The van der Waals surface area contributed by atoms with Crippen LogP contribution in [0.2, 0.25) is 5.02 Å². The minimum Gasteiger partial charge on any atom is -0.349 e. The molecule has 0 saturated carbocycles. The first-order valence-corrected chi connectivity index (χ1v) is 11.6. The van der Waals surface area contributed by atoms with Crippen molar-refractivity contribution in [2.24, 2.45) is 0 Å². The normalized spacial score (nSPS) is 19.4. The Morgan fingerprint density at radius 1 is 1.24 bits per heavy atom. The van der Waals surface area contributed by atoms with E-state index in [4.69, 9.17) is 11.6 Å². The Balaban J connectivity index is 1.28. The number of carbonyl (C=O) groups excluding carboxylic acids is 3. The molecule has 0 radical (unpaired) electrons. The van der Waals surface area contributed by atoms with Gasteiger partial charge in [0.2, 0.25) is 11.8 Å². The molecule has 6 nitrogen and oxygen atoms in total. The number of nitrogens with zero attached hydrogens (tertiary/aromatic N) is 1. The number of fused-ring (bicyclic) bond motifs is 1. The number of likely N-dealkylation sites (tertiary alicyclic amines) is 1. The first-order chi connectivity index (χ1) is 14.0. The molecule has 3 heterocycles. The van der Waals surface area contributed by atoms with E-state index in [9.17, 15) is 14.4 Å². The van der Waals surface area contributed by atoms with Gasteiger partial charge in [-0.2, -0.15) is 11.3 Å². The Hall–Kier alpha value is -2.03. The smallest absolute Gasteiger partial charge is 0.252 e. The van der Waals surface area contributed by atoms with Gasteiger partial charge >= 0.3 is 0 Å².